The third-order valence-electron chi connectivity index (χ3n) is 3.95. The molecule has 3 rings (SSSR count). The van der Waals surface area contributed by atoms with Crippen molar-refractivity contribution in [3.8, 4) is 11.5 Å². The molecule has 0 unspecified atom stereocenters. The number of hydrogen-bond donors (Lipinski definition) is 2. The summed E-state index contributed by atoms with van der Waals surface area (Å²) in [5, 5.41) is 3.02. The Hall–Kier alpha value is -3.58. The first-order valence-corrected chi connectivity index (χ1v) is 9.28. The standard InChI is InChI=1S/C22H18ClFN2O4/c23-19-11-17(7-8-20(19)30-12-14-3-1-5-16(24)9-14)26-22(28)15-4-2-6-18(10-15)29-13-21(25)27/h1-11H,12-13H2,(H2,25,27)(H,26,28). The first-order chi connectivity index (χ1) is 14.4. The van der Waals surface area contributed by atoms with E-state index >= 15 is 0 Å². The third-order valence-corrected chi connectivity index (χ3v) is 4.25. The van der Waals surface area contributed by atoms with Crippen molar-refractivity contribution in [1.29, 1.82) is 0 Å². The maximum absolute atomic E-state index is 13.2. The minimum Gasteiger partial charge on any atom is -0.487 e. The SMILES string of the molecule is NC(=O)COc1cccc(C(=O)Nc2ccc(OCc3cccc(F)c3)c(Cl)c2)c1. The summed E-state index contributed by atoms with van der Waals surface area (Å²) in [6.07, 6.45) is 0. The fraction of sp³-hybridized carbons (Fsp3) is 0.0909. The molecule has 0 heterocycles. The molecule has 0 aromatic heterocycles. The average Bonchev–Trinajstić information content (AvgIpc) is 2.72. The molecule has 0 fully saturated rings. The molecule has 30 heavy (non-hydrogen) atoms. The van der Waals surface area contributed by atoms with Gasteiger partial charge in [-0.1, -0.05) is 29.8 Å². The molecule has 8 heteroatoms. The number of nitrogens with one attached hydrogen (secondary N) is 1. The molecule has 6 nitrogen and oxygen atoms in total. The number of ether oxygens (including phenoxy) is 2. The van der Waals surface area contributed by atoms with Crippen molar-refractivity contribution < 1.29 is 23.5 Å². The summed E-state index contributed by atoms with van der Waals surface area (Å²) in [6.45, 7) is -0.126. The van der Waals surface area contributed by atoms with Crippen LogP contribution >= 0.6 is 11.6 Å². The van der Waals surface area contributed by atoms with Gasteiger partial charge in [0.25, 0.3) is 11.8 Å². The van der Waals surface area contributed by atoms with Crippen LogP contribution in [0.1, 0.15) is 15.9 Å². The van der Waals surface area contributed by atoms with Crippen LogP contribution in [0.4, 0.5) is 10.1 Å². The van der Waals surface area contributed by atoms with E-state index in [1.165, 1.54) is 18.2 Å². The van der Waals surface area contributed by atoms with E-state index in [2.05, 4.69) is 5.32 Å². The molecule has 0 saturated carbocycles. The number of hydrogen-bond acceptors (Lipinski definition) is 4. The van der Waals surface area contributed by atoms with E-state index in [1.54, 1.807) is 48.5 Å². The quantitative estimate of drug-likeness (QED) is 0.563. The fourth-order valence-electron chi connectivity index (χ4n) is 2.57. The number of anilines is 1. The molecule has 3 N–H and O–H groups in total. The van der Waals surface area contributed by atoms with E-state index < -0.39 is 5.91 Å². The molecular formula is C22H18ClFN2O4. The highest BCUT2D eigenvalue weighted by molar-refractivity contribution is 6.32. The molecule has 0 atom stereocenters. The second-order valence-corrected chi connectivity index (χ2v) is 6.71. The molecule has 3 aromatic carbocycles. The summed E-state index contributed by atoms with van der Waals surface area (Å²) < 4.78 is 24.1. The Morgan fingerprint density at radius 3 is 2.53 bits per heavy atom. The first kappa shape index (κ1) is 21.1. The molecule has 3 aromatic rings. The Bertz CT molecular complexity index is 1070. The Labute approximate surface area is 177 Å². The van der Waals surface area contributed by atoms with Crippen molar-refractivity contribution in [3.05, 3.63) is 88.7 Å². The lowest BCUT2D eigenvalue weighted by Crippen LogP contribution is -2.20. The van der Waals surface area contributed by atoms with Gasteiger partial charge in [0.05, 0.1) is 5.02 Å². The van der Waals surface area contributed by atoms with Crippen LogP contribution in [-0.2, 0) is 11.4 Å². The smallest absolute Gasteiger partial charge is 0.255 e. The van der Waals surface area contributed by atoms with Crippen molar-refractivity contribution in [2.24, 2.45) is 5.73 Å². The Morgan fingerprint density at radius 1 is 1.00 bits per heavy atom. The van der Waals surface area contributed by atoms with E-state index in [4.69, 9.17) is 26.8 Å². The number of carbonyl (C=O) groups is 2. The molecular weight excluding hydrogens is 411 g/mol. The van der Waals surface area contributed by atoms with Gasteiger partial charge >= 0.3 is 0 Å². The van der Waals surface area contributed by atoms with Crippen LogP contribution in [0, 0.1) is 5.82 Å². The molecule has 0 aliphatic heterocycles. The first-order valence-electron chi connectivity index (χ1n) is 8.90. The van der Waals surface area contributed by atoms with Crippen molar-refractivity contribution in [1.82, 2.24) is 0 Å². The van der Waals surface area contributed by atoms with E-state index in [0.29, 0.717) is 33.3 Å². The minimum absolute atomic E-state index is 0.154. The summed E-state index contributed by atoms with van der Waals surface area (Å²) in [7, 11) is 0. The topological polar surface area (TPSA) is 90.7 Å². The monoisotopic (exact) mass is 428 g/mol. The molecule has 0 radical (unpaired) electrons. The number of benzene rings is 3. The van der Waals surface area contributed by atoms with Gasteiger partial charge in [0, 0.05) is 11.3 Å². The molecule has 0 aliphatic carbocycles. The van der Waals surface area contributed by atoms with Crippen LogP contribution in [0.25, 0.3) is 0 Å². The third kappa shape index (κ3) is 5.96. The van der Waals surface area contributed by atoms with E-state index in [0.717, 1.165) is 0 Å². The summed E-state index contributed by atoms with van der Waals surface area (Å²) in [6, 6.07) is 17.2. The largest absolute Gasteiger partial charge is 0.487 e. The molecule has 154 valence electrons. The fourth-order valence-corrected chi connectivity index (χ4v) is 2.80. The van der Waals surface area contributed by atoms with Crippen LogP contribution in [-0.4, -0.2) is 18.4 Å². The number of halogens is 2. The van der Waals surface area contributed by atoms with Crippen LogP contribution in [0.2, 0.25) is 5.02 Å². The van der Waals surface area contributed by atoms with Gasteiger partial charge in [-0.2, -0.15) is 0 Å². The van der Waals surface area contributed by atoms with E-state index in [-0.39, 0.29) is 24.9 Å². The number of nitrogens with two attached hydrogens (primary N) is 1. The highest BCUT2D eigenvalue weighted by atomic mass is 35.5. The lowest BCUT2D eigenvalue weighted by Gasteiger charge is -2.11. The predicted molar refractivity (Wildman–Crippen MR) is 111 cm³/mol. The lowest BCUT2D eigenvalue weighted by atomic mass is 10.2. The molecule has 0 aliphatic rings. The zero-order valence-corrected chi connectivity index (χ0v) is 16.5. The van der Waals surface area contributed by atoms with E-state index in [9.17, 15) is 14.0 Å². The van der Waals surface area contributed by atoms with Crippen LogP contribution in [0.3, 0.4) is 0 Å². The zero-order chi connectivity index (χ0) is 21.5. The Kier molecular flexibility index (Phi) is 6.87. The van der Waals surface area contributed by atoms with Gasteiger partial charge in [-0.15, -0.1) is 0 Å². The van der Waals surface area contributed by atoms with Gasteiger partial charge in [-0.25, -0.2) is 4.39 Å². The molecule has 0 bridgehead atoms. The second-order valence-electron chi connectivity index (χ2n) is 6.30. The van der Waals surface area contributed by atoms with Crippen LogP contribution < -0.4 is 20.5 Å². The highest BCUT2D eigenvalue weighted by Crippen LogP contribution is 2.29. The summed E-state index contributed by atoms with van der Waals surface area (Å²) >= 11 is 6.24. The summed E-state index contributed by atoms with van der Waals surface area (Å²) in [5.41, 5.74) is 6.51. The van der Waals surface area contributed by atoms with Crippen molar-refractivity contribution in [2.45, 2.75) is 6.61 Å². The number of amides is 2. The van der Waals surface area contributed by atoms with Crippen molar-refractivity contribution in [2.75, 3.05) is 11.9 Å². The van der Waals surface area contributed by atoms with Crippen molar-refractivity contribution in [3.63, 3.8) is 0 Å². The van der Waals surface area contributed by atoms with Gasteiger partial charge < -0.3 is 20.5 Å². The summed E-state index contributed by atoms with van der Waals surface area (Å²) in [5.74, 6) is -0.589. The molecule has 0 spiro atoms. The number of rotatable bonds is 8. The van der Waals surface area contributed by atoms with Gasteiger partial charge in [-0.05, 0) is 54.1 Å². The lowest BCUT2D eigenvalue weighted by molar-refractivity contribution is -0.119. The van der Waals surface area contributed by atoms with Gasteiger partial charge in [0.1, 0.15) is 23.9 Å². The van der Waals surface area contributed by atoms with Crippen LogP contribution in [0.5, 0.6) is 11.5 Å². The Morgan fingerprint density at radius 2 is 1.80 bits per heavy atom. The summed E-state index contributed by atoms with van der Waals surface area (Å²) in [4.78, 5) is 23.3. The number of carbonyl (C=O) groups excluding carboxylic acids is 2. The molecule has 2 amide bonds. The maximum atomic E-state index is 13.2. The predicted octanol–water partition coefficient (Wildman–Crippen LogP) is 4.17. The highest BCUT2D eigenvalue weighted by Gasteiger charge is 2.10. The van der Waals surface area contributed by atoms with E-state index in [1.807, 2.05) is 0 Å². The number of primary amides is 1. The van der Waals surface area contributed by atoms with Gasteiger partial charge in [0.2, 0.25) is 0 Å². The van der Waals surface area contributed by atoms with Crippen LogP contribution in [0.15, 0.2) is 66.7 Å². The minimum atomic E-state index is -0.612. The normalized spacial score (nSPS) is 10.3. The van der Waals surface area contributed by atoms with Gasteiger partial charge in [-0.3, -0.25) is 9.59 Å². The van der Waals surface area contributed by atoms with Crippen molar-refractivity contribution >= 4 is 29.1 Å². The molecule has 0 saturated heterocycles. The Balaban J connectivity index is 1.63. The average molecular weight is 429 g/mol. The van der Waals surface area contributed by atoms with Gasteiger partial charge in [0.15, 0.2) is 6.61 Å². The zero-order valence-electron chi connectivity index (χ0n) is 15.7. The second kappa shape index (κ2) is 9.76. The maximum Gasteiger partial charge on any atom is 0.255 e.